The van der Waals surface area contributed by atoms with Crippen LogP contribution in [0.2, 0.25) is 20.1 Å². The summed E-state index contributed by atoms with van der Waals surface area (Å²) in [5, 5.41) is 3.74. The van der Waals surface area contributed by atoms with Crippen molar-refractivity contribution in [2.45, 2.75) is 32.4 Å². The minimum atomic E-state index is -1.36. The van der Waals surface area contributed by atoms with Gasteiger partial charge in [-0.3, -0.25) is 24.0 Å². The molecular formula is C24H22Cl4N4O5. The largest absolute Gasteiger partial charge is 0.346 e. The van der Waals surface area contributed by atoms with Crippen LogP contribution in [0.3, 0.4) is 0 Å². The van der Waals surface area contributed by atoms with Crippen molar-refractivity contribution >= 4 is 75.9 Å². The molecule has 9 nitrogen and oxygen atoms in total. The van der Waals surface area contributed by atoms with E-state index < -0.39 is 48.2 Å². The number of nitrogens with zero attached hydrogens (tertiary/aromatic N) is 1. The first kappa shape index (κ1) is 28.9. The van der Waals surface area contributed by atoms with Gasteiger partial charge in [0.25, 0.3) is 17.7 Å². The van der Waals surface area contributed by atoms with Crippen LogP contribution in [-0.2, 0) is 20.8 Å². The second-order valence-corrected chi connectivity index (χ2v) is 10.1. The van der Waals surface area contributed by atoms with Crippen LogP contribution in [0.5, 0.6) is 0 Å². The topological polar surface area (TPSA) is 139 Å². The number of fused-ring (bicyclic) bond motifs is 1. The Bertz CT molecular complexity index is 1240. The third kappa shape index (κ3) is 5.91. The lowest BCUT2D eigenvalue weighted by molar-refractivity contribution is -0.133. The first-order chi connectivity index (χ1) is 17.4. The molecule has 1 aliphatic heterocycles. The number of hydrogen-bond donors (Lipinski definition) is 3. The monoisotopic (exact) mass is 586 g/mol. The van der Waals surface area contributed by atoms with Crippen LogP contribution >= 0.6 is 46.4 Å². The van der Waals surface area contributed by atoms with E-state index in [4.69, 9.17) is 52.1 Å². The molecule has 5 amide bonds. The third-order valence-corrected chi connectivity index (χ3v) is 7.48. The van der Waals surface area contributed by atoms with Crippen molar-refractivity contribution in [2.75, 3.05) is 6.54 Å². The number of amides is 5. The zero-order valence-electron chi connectivity index (χ0n) is 19.6. The number of nitrogens with two attached hydrogens (primary N) is 1. The van der Waals surface area contributed by atoms with E-state index in [2.05, 4.69) is 10.6 Å². The van der Waals surface area contributed by atoms with Crippen LogP contribution in [0.15, 0.2) is 30.3 Å². The molecule has 13 heteroatoms. The summed E-state index contributed by atoms with van der Waals surface area (Å²) in [4.78, 5) is 64.9. The van der Waals surface area contributed by atoms with E-state index in [0.29, 0.717) is 10.5 Å². The molecule has 2 atom stereocenters. The van der Waals surface area contributed by atoms with Gasteiger partial charge in [0.15, 0.2) is 0 Å². The highest BCUT2D eigenvalue weighted by Crippen LogP contribution is 2.45. The predicted molar refractivity (Wildman–Crippen MR) is 140 cm³/mol. The van der Waals surface area contributed by atoms with Crippen molar-refractivity contribution in [1.29, 1.82) is 0 Å². The highest BCUT2D eigenvalue weighted by atomic mass is 35.5. The summed E-state index contributed by atoms with van der Waals surface area (Å²) in [5.41, 5.74) is 5.69. The van der Waals surface area contributed by atoms with Crippen LogP contribution in [0.4, 0.5) is 0 Å². The number of imide groups is 3. The molecule has 196 valence electrons. The molecule has 0 aliphatic carbocycles. The van der Waals surface area contributed by atoms with Crippen LogP contribution in [0.25, 0.3) is 0 Å². The Balaban J connectivity index is 1.88. The number of carbonyl (C=O) groups is 5. The molecule has 2 aromatic rings. The maximum Gasteiger partial charge on any atom is 0.270 e. The Morgan fingerprint density at radius 2 is 1.41 bits per heavy atom. The standard InChI is InChI=1S/C24H22Cl4N4O5/c1-10(2)20(29)21(34)30-9-13(33)31-12(8-11-6-4-3-5-7-11)22(35)32-23(36)14-15(24(32)37)17(26)19(28)18(27)16(14)25/h3-7,10,12,20H,8-9,29H2,1-2H3,(H,30,34)(H,31,33)/t12-,20-/m0/s1. The minimum Gasteiger partial charge on any atom is -0.346 e. The van der Waals surface area contributed by atoms with E-state index in [-0.39, 0.29) is 43.6 Å². The number of rotatable bonds is 8. The zero-order chi connectivity index (χ0) is 27.6. The number of halogens is 4. The van der Waals surface area contributed by atoms with E-state index in [0.717, 1.165) is 0 Å². The maximum absolute atomic E-state index is 13.5. The summed E-state index contributed by atoms with van der Waals surface area (Å²) in [5.74, 6) is -4.59. The van der Waals surface area contributed by atoms with Gasteiger partial charge in [-0.25, -0.2) is 4.90 Å². The third-order valence-electron chi connectivity index (χ3n) is 5.68. The lowest BCUT2D eigenvalue weighted by Gasteiger charge is -2.22. The van der Waals surface area contributed by atoms with Gasteiger partial charge in [0.05, 0.1) is 43.8 Å². The van der Waals surface area contributed by atoms with Crippen molar-refractivity contribution in [1.82, 2.24) is 15.5 Å². The Labute approximate surface area is 232 Å². The fourth-order valence-corrected chi connectivity index (χ4v) is 4.60. The molecule has 2 aromatic carbocycles. The smallest absolute Gasteiger partial charge is 0.270 e. The highest BCUT2D eigenvalue weighted by Gasteiger charge is 2.46. The molecule has 0 unspecified atom stereocenters. The van der Waals surface area contributed by atoms with Gasteiger partial charge in [0.1, 0.15) is 6.04 Å². The summed E-state index contributed by atoms with van der Waals surface area (Å²) in [7, 11) is 0. The highest BCUT2D eigenvalue weighted by molar-refractivity contribution is 6.55. The van der Waals surface area contributed by atoms with E-state index in [9.17, 15) is 24.0 Å². The second-order valence-electron chi connectivity index (χ2n) is 8.59. The molecule has 0 saturated carbocycles. The van der Waals surface area contributed by atoms with Gasteiger partial charge in [-0.05, 0) is 11.5 Å². The summed E-state index contributed by atoms with van der Waals surface area (Å²) in [6, 6.07) is 6.40. The lowest BCUT2D eigenvalue weighted by atomic mass is 10.0. The molecule has 3 rings (SSSR count). The maximum atomic E-state index is 13.5. The van der Waals surface area contributed by atoms with E-state index in [1.807, 2.05) is 0 Å². The van der Waals surface area contributed by atoms with Crippen molar-refractivity contribution in [3.8, 4) is 0 Å². The first-order valence-electron chi connectivity index (χ1n) is 11.0. The Hall–Kier alpha value is -2.69. The molecular weight excluding hydrogens is 566 g/mol. The van der Waals surface area contributed by atoms with Crippen molar-refractivity contribution in [3.05, 3.63) is 67.1 Å². The number of nitrogens with one attached hydrogen (secondary N) is 2. The summed E-state index contributed by atoms with van der Waals surface area (Å²) >= 11 is 24.4. The Kier molecular flexibility index (Phi) is 9.20. The Morgan fingerprint density at radius 1 is 0.892 bits per heavy atom. The van der Waals surface area contributed by atoms with Gasteiger partial charge in [0, 0.05) is 6.42 Å². The predicted octanol–water partition coefficient (Wildman–Crippen LogP) is 3.25. The van der Waals surface area contributed by atoms with Crippen molar-refractivity contribution < 1.29 is 24.0 Å². The fraction of sp³-hybridized carbons (Fsp3) is 0.292. The number of carbonyl (C=O) groups excluding carboxylic acids is 5. The summed E-state index contributed by atoms with van der Waals surface area (Å²) < 4.78 is 0. The average Bonchev–Trinajstić information content (AvgIpc) is 3.13. The molecule has 0 bridgehead atoms. The number of benzene rings is 2. The second kappa shape index (κ2) is 11.8. The van der Waals surface area contributed by atoms with E-state index >= 15 is 0 Å². The van der Waals surface area contributed by atoms with E-state index in [1.54, 1.807) is 44.2 Å². The molecule has 0 fully saturated rings. The van der Waals surface area contributed by atoms with Gasteiger partial charge in [-0.2, -0.15) is 0 Å². The first-order valence-corrected chi connectivity index (χ1v) is 12.5. The lowest BCUT2D eigenvalue weighted by Crippen LogP contribution is -2.54. The van der Waals surface area contributed by atoms with Crippen LogP contribution in [0, 0.1) is 5.92 Å². The van der Waals surface area contributed by atoms with Crippen molar-refractivity contribution in [3.63, 3.8) is 0 Å². The van der Waals surface area contributed by atoms with Gasteiger partial charge in [-0.15, -0.1) is 0 Å². The summed E-state index contributed by atoms with van der Waals surface area (Å²) in [6.07, 6.45) is -0.0682. The van der Waals surface area contributed by atoms with Gasteiger partial charge in [0.2, 0.25) is 11.8 Å². The van der Waals surface area contributed by atoms with Gasteiger partial charge in [-0.1, -0.05) is 90.6 Å². The van der Waals surface area contributed by atoms with Crippen molar-refractivity contribution in [2.24, 2.45) is 11.7 Å². The fourth-order valence-electron chi connectivity index (χ4n) is 3.59. The van der Waals surface area contributed by atoms with Gasteiger partial charge < -0.3 is 16.4 Å². The SMILES string of the molecule is CC(C)[C@H](N)C(=O)NCC(=O)N[C@@H](Cc1ccccc1)C(=O)N1C(=O)c2c(Cl)c(Cl)c(Cl)c(Cl)c2C1=O. The quantitative estimate of drug-likeness (QED) is 0.246. The number of hydrogen-bond acceptors (Lipinski definition) is 6. The van der Waals surface area contributed by atoms with Crippen LogP contribution in [-0.4, -0.2) is 53.1 Å². The zero-order valence-corrected chi connectivity index (χ0v) is 22.6. The summed E-state index contributed by atoms with van der Waals surface area (Å²) in [6.45, 7) is 3.02. The Morgan fingerprint density at radius 3 is 1.89 bits per heavy atom. The molecule has 1 heterocycles. The molecule has 0 radical (unpaired) electrons. The normalized spacial score (nSPS) is 14.4. The molecule has 0 spiro atoms. The van der Waals surface area contributed by atoms with Crippen LogP contribution in [0.1, 0.15) is 40.1 Å². The van der Waals surface area contributed by atoms with Gasteiger partial charge >= 0.3 is 0 Å². The van der Waals surface area contributed by atoms with E-state index in [1.165, 1.54) is 0 Å². The molecule has 0 aromatic heterocycles. The molecule has 37 heavy (non-hydrogen) atoms. The molecule has 0 saturated heterocycles. The molecule has 4 N–H and O–H groups in total. The van der Waals surface area contributed by atoms with Crippen LogP contribution < -0.4 is 16.4 Å². The minimum absolute atomic E-state index is 0.0682. The molecule has 1 aliphatic rings. The average molecular weight is 588 g/mol.